The van der Waals surface area contributed by atoms with E-state index in [9.17, 15) is 5.11 Å². The molecule has 0 saturated heterocycles. The zero-order chi connectivity index (χ0) is 12.8. The molecular weight excluding hydrogens is 212 g/mol. The summed E-state index contributed by atoms with van der Waals surface area (Å²) in [4.78, 5) is 0. The van der Waals surface area contributed by atoms with Gasteiger partial charge in [-0.25, -0.2) is 0 Å². The highest BCUT2D eigenvalue weighted by molar-refractivity contribution is 5.57. The molecule has 1 aromatic rings. The van der Waals surface area contributed by atoms with Crippen LogP contribution < -0.4 is 11.5 Å². The average molecular weight is 236 g/mol. The minimum atomic E-state index is -0.279. The molecule has 96 valence electrons. The first-order chi connectivity index (χ1) is 8.10. The maximum Gasteiger partial charge on any atom is 0.0515 e. The van der Waals surface area contributed by atoms with Gasteiger partial charge >= 0.3 is 0 Å². The topological polar surface area (TPSA) is 72.3 Å². The van der Waals surface area contributed by atoms with Crippen LogP contribution in [0.15, 0.2) is 12.1 Å². The Morgan fingerprint density at radius 2 is 1.88 bits per heavy atom. The van der Waals surface area contributed by atoms with Crippen LogP contribution in [0.3, 0.4) is 0 Å². The van der Waals surface area contributed by atoms with Gasteiger partial charge in [0.05, 0.1) is 6.10 Å². The van der Waals surface area contributed by atoms with Crippen molar-refractivity contribution in [1.29, 1.82) is 0 Å². The number of aliphatic hydroxyl groups is 1. The summed E-state index contributed by atoms with van der Waals surface area (Å²) in [6.45, 7) is 4.55. The summed E-state index contributed by atoms with van der Waals surface area (Å²) in [6, 6.07) is 4.22. The van der Waals surface area contributed by atoms with E-state index in [0.29, 0.717) is 6.54 Å². The van der Waals surface area contributed by atoms with Crippen LogP contribution in [0.2, 0.25) is 0 Å². The molecular formula is C14H24N2O. The number of nitrogens with two attached hydrogens (primary N) is 2. The Balaban J connectivity index is 2.96. The minimum Gasteiger partial charge on any atom is -0.398 e. The number of benzene rings is 1. The van der Waals surface area contributed by atoms with Crippen LogP contribution in [0.25, 0.3) is 0 Å². The lowest BCUT2D eigenvalue weighted by Gasteiger charge is -2.15. The number of nitrogen functional groups attached to an aromatic ring is 1. The fourth-order valence-electron chi connectivity index (χ4n) is 2.11. The van der Waals surface area contributed by atoms with Gasteiger partial charge in [0.1, 0.15) is 0 Å². The van der Waals surface area contributed by atoms with Gasteiger partial charge in [0.25, 0.3) is 0 Å². The Kier molecular flexibility index (Phi) is 5.45. The summed E-state index contributed by atoms with van der Waals surface area (Å²) in [6.07, 6.45) is 3.11. The van der Waals surface area contributed by atoms with Crippen LogP contribution in [0, 0.1) is 0 Å². The van der Waals surface area contributed by atoms with E-state index in [-0.39, 0.29) is 6.10 Å². The molecule has 0 bridgehead atoms. The van der Waals surface area contributed by atoms with Crippen LogP contribution in [0.1, 0.15) is 37.0 Å². The van der Waals surface area contributed by atoms with Gasteiger partial charge in [-0.3, -0.25) is 0 Å². The number of anilines is 1. The van der Waals surface area contributed by atoms with Crippen LogP contribution in [0.5, 0.6) is 0 Å². The second-order valence-electron chi connectivity index (χ2n) is 4.56. The summed E-state index contributed by atoms with van der Waals surface area (Å²) in [5.41, 5.74) is 16.3. The minimum absolute atomic E-state index is 0.279. The fraction of sp³-hybridized carbons (Fsp3) is 0.571. The molecule has 1 rings (SSSR count). The predicted molar refractivity (Wildman–Crippen MR) is 73.0 cm³/mol. The first kappa shape index (κ1) is 14.0. The van der Waals surface area contributed by atoms with Gasteiger partial charge in [0.15, 0.2) is 0 Å². The molecule has 3 heteroatoms. The van der Waals surface area contributed by atoms with Crippen LogP contribution in [-0.4, -0.2) is 17.8 Å². The molecule has 0 saturated carbocycles. The molecule has 0 aromatic heterocycles. The molecule has 0 aliphatic rings. The van der Waals surface area contributed by atoms with Crippen LogP contribution >= 0.6 is 0 Å². The van der Waals surface area contributed by atoms with E-state index < -0.39 is 0 Å². The van der Waals surface area contributed by atoms with Crippen molar-refractivity contribution < 1.29 is 5.11 Å². The summed E-state index contributed by atoms with van der Waals surface area (Å²) in [7, 11) is 0. The summed E-state index contributed by atoms with van der Waals surface area (Å²) in [5.74, 6) is 0. The van der Waals surface area contributed by atoms with Crippen molar-refractivity contribution in [3.05, 3.63) is 28.8 Å². The third-order valence-electron chi connectivity index (χ3n) is 3.15. The highest BCUT2D eigenvalue weighted by Crippen LogP contribution is 2.24. The molecule has 0 spiro atoms. The number of rotatable bonds is 6. The van der Waals surface area contributed by atoms with Crippen LogP contribution in [0.4, 0.5) is 5.69 Å². The molecule has 1 atom stereocenters. The van der Waals surface area contributed by atoms with Crippen molar-refractivity contribution in [2.75, 3.05) is 12.3 Å². The molecule has 0 aliphatic carbocycles. The molecule has 17 heavy (non-hydrogen) atoms. The van der Waals surface area contributed by atoms with E-state index in [1.165, 1.54) is 11.1 Å². The maximum absolute atomic E-state index is 9.32. The lowest BCUT2D eigenvalue weighted by molar-refractivity contribution is 0.185. The van der Waals surface area contributed by atoms with Gasteiger partial charge in [-0.1, -0.05) is 19.1 Å². The quantitative estimate of drug-likeness (QED) is 0.658. The van der Waals surface area contributed by atoms with Crippen molar-refractivity contribution >= 4 is 5.69 Å². The van der Waals surface area contributed by atoms with E-state index in [1.807, 2.05) is 0 Å². The fourth-order valence-corrected chi connectivity index (χ4v) is 2.11. The van der Waals surface area contributed by atoms with Crippen LogP contribution in [-0.2, 0) is 19.3 Å². The highest BCUT2D eigenvalue weighted by atomic mass is 16.3. The predicted octanol–water partition coefficient (Wildman–Crippen LogP) is 1.65. The lowest BCUT2D eigenvalue weighted by atomic mass is 9.94. The molecule has 5 N–H and O–H groups in total. The third kappa shape index (κ3) is 3.72. The Labute approximate surface area is 104 Å². The van der Waals surface area contributed by atoms with Gasteiger partial charge in [0, 0.05) is 5.69 Å². The lowest BCUT2D eigenvalue weighted by Crippen LogP contribution is -2.11. The molecule has 3 nitrogen and oxygen atoms in total. The van der Waals surface area contributed by atoms with Crippen molar-refractivity contribution in [1.82, 2.24) is 0 Å². The van der Waals surface area contributed by atoms with E-state index in [4.69, 9.17) is 11.5 Å². The standard InChI is InChI=1S/C14H24N2O/c1-3-11-6-7-12(5-4-10(2)17)14(16)13(11)8-9-15/h6-7,10,17H,3-5,8-9,15-16H2,1-2H3. The zero-order valence-corrected chi connectivity index (χ0v) is 10.9. The number of aryl methyl sites for hydroxylation is 2. The molecule has 1 aromatic carbocycles. The normalized spacial score (nSPS) is 12.7. The second kappa shape index (κ2) is 6.62. The monoisotopic (exact) mass is 236 g/mol. The van der Waals surface area contributed by atoms with Gasteiger partial charge in [-0.2, -0.15) is 0 Å². The van der Waals surface area contributed by atoms with Crippen molar-refractivity contribution in [2.24, 2.45) is 5.73 Å². The van der Waals surface area contributed by atoms with Gasteiger partial charge < -0.3 is 16.6 Å². The number of hydrogen-bond donors (Lipinski definition) is 3. The van der Waals surface area contributed by atoms with E-state index >= 15 is 0 Å². The molecule has 0 aliphatic heterocycles. The van der Waals surface area contributed by atoms with E-state index in [2.05, 4.69) is 19.1 Å². The SMILES string of the molecule is CCc1ccc(CCC(C)O)c(N)c1CCN. The van der Waals surface area contributed by atoms with Crippen molar-refractivity contribution in [3.8, 4) is 0 Å². The molecule has 0 heterocycles. The Morgan fingerprint density at radius 1 is 1.24 bits per heavy atom. The number of hydrogen-bond acceptors (Lipinski definition) is 3. The third-order valence-corrected chi connectivity index (χ3v) is 3.15. The van der Waals surface area contributed by atoms with Crippen molar-refractivity contribution in [2.45, 2.75) is 45.6 Å². The second-order valence-corrected chi connectivity index (χ2v) is 4.56. The first-order valence-electron chi connectivity index (χ1n) is 6.37. The summed E-state index contributed by atoms with van der Waals surface area (Å²) >= 11 is 0. The van der Waals surface area contributed by atoms with E-state index in [1.54, 1.807) is 6.92 Å². The van der Waals surface area contributed by atoms with Gasteiger partial charge in [-0.05, 0) is 55.8 Å². The Bertz CT molecular complexity index is 361. The molecule has 0 radical (unpaired) electrons. The summed E-state index contributed by atoms with van der Waals surface area (Å²) in [5, 5.41) is 9.32. The molecule has 1 unspecified atom stereocenters. The number of aliphatic hydroxyl groups excluding tert-OH is 1. The highest BCUT2D eigenvalue weighted by Gasteiger charge is 2.10. The molecule has 0 amide bonds. The first-order valence-corrected chi connectivity index (χ1v) is 6.37. The van der Waals surface area contributed by atoms with E-state index in [0.717, 1.165) is 36.9 Å². The average Bonchev–Trinajstić information content (AvgIpc) is 2.30. The smallest absolute Gasteiger partial charge is 0.0515 e. The van der Waals surface area contributed by atoms with Crippen molar-refractivity contribution in [3.63, 3.8) is 0 Å². The maximum atomic E-state index is 9.32. The van der Waals surface area contributed by atoms with Gasteiger partial charge in [-0.15, -0.1) is 0 Å². The van der Waals surface area contributed by atoms with Gasteiger partial charge in [0.2, 0.25) is 0 Å². The summed E-state index contributed by atoms with van der Waals surface area (Å²) < 4.78 is 0. The Hall–Kier alpha value is -1.06. The Morgan fingerprint density at radius 3 is 2.41 bits per heavy atom. The zero-order valence-electron chi connectivity index (χ0n) is 10.9. The molecule has 0 fully saturated rings. The largest absolute Gasteiger partial charge is 0.398 e.